The van der Waals surface area contributed by atoms with Gasteiger partial charge in [-0.25, -0.2) is 9.97 Å². The summed E-state index contributed by atoms with van der Waals surface area (Å²) in [6.45, 7) is 6.13. The number of ether oxygens (including phenoxy) is 3. The molecule has 0 atom stereocenters. The Labute approximate surface area is 187 Å². The Bertz CT molecular complexity index is 1090. The Morgan fingerprint density at radius 2 is 1.62 bits per heavy atom. The van der Waals surface area contributed by atoms with E-state index < -0.39 is 0 Å². The number of hydrogen-bond donors (Lipinski definition) is 1. The molecule has 0 aliphatic carbocycles. The van der Waals surface area contributed by atoms with Gasteiger partial charge in [0.2, 0.25) is 11.7 Å². The van der Waals surface area contributed by atoms with Crippen LogP contribution in [0.1, 0.15) is 32.0 Å². The van der Waals surface area contributed by atoms with Crippen molar-refractivity contribution < 1.29 is 19.0 Å². The number of nitrogens with zero attached hydrogens (tertiary/aromatic N) is 4. The molecule has 1 aromatic carbocycles. The predicted molar refractivity (Wildman–Crippen MR) is 122 cm³/mol. The number of hydrogen-bond acceptors (Lipinski definition) is 7. The molecule has 1 amide bonds. The Balaban J connectivity index is 1.88. The van der Waals surface area contributed by atoms with Gasteiger partial charge in [0.25, 0.3) is 5.95 Å². The Hall–Kier alpha value is -3.88. The summed E-state index contributed by atoms with van der Waals surface area (Å²) in [6.07, 6.45) is 6.32. The van der Waals surface area contributed by atoms with E-state index in [1.165, 1.54) is 32.1 Å². The molecule has 0 bridgehead atoms. The molecule has 0 aliphatic heterocycles. The van der Waals surface area contributed by atoms with Gasteiger partial charge in [-0.1, -0.05) is 20.8 Å². The highest BCUT2D eigenvalue weighted by Gasteiger charge is 2.22. The van der Waals surface area contributed by atoms with Crippen LogP contribution in [0, 0.1) is 0 Å². The summed E-state index contributed by atoms with van der Waals surface area (Å²) in [5, 5.41) is 7.45. The first-order valence-corrected chi connectivity index (χ1v) is 9.94. The number of amides is 1. The van der Waals surface area contributed by atoms with Gasteiger partial charge in [0.15, 0.2) is 11.5 Å². The second kappa shape index (κ2) is 9.51. The number of rotatable bonds is 7. The minimum atomic E-state index is -0.337. The number of carbonyl (C=O) groups excluding carboxylic acids is 1. The van der Waals surface area contributed by atoms with E-state index in [2.05, 4.69) is 20.4 Å². The summed E-state index contributed by atoms with van der Waals surface area (Å²) in [7, 11) is 4.61. The molecule has 9 nitrogen and oxygen atoms in total. The molecule has 0 radical (unpaired) electrons. The quantitative estimate of drug-likeness (QED) is 0.563. The number of aromatic nitrogens is 4. The highest BCUT2D eigenvalue weighted by molar-refractivity contribution is 6.01. The average Bonchev–Trinajstić information content (AvgIpc) is 3.21. The van der Waals surface area contributed by atoms with Crippen molar-refractivity contribution >= 4 is 17.8 Å². The zero-order chi connectivity index (χ0) is 23.3. The Morgan fingerprint density at radius 3 is 2.16 bits per heavy atom. The lowest BCUT2D eigenvalue weighted by Gasteiger charge is -2.13. The molecule has 0 unspecified atom stereocenters. The van der Waals surface area contributed by atoms with Gasteiger partial charge in [-0.2, -0.15) is 9.78 Å². The van der Waals surface area contributed by atoms with Crippen molar-refractivity contribution in [1.29, 1.82) is 0 Å². The molecule has 0 aliphatic rings. The first kappa shape index (κ1) is 22.8. The zero-order valence-corrected chi connectivity index (χ0v) is 19.0. The van der Waals surface area contributed by atoms with Crippen LogP contribution in [0.25, 0.3) is 12.0 Å². The molecule has 0 fully saturated rings. The van der Waals surface area contributed by atoms with E-state index in [9.17, 15) is 4.79 Å². The van der Waals surface area contributed by atoms with Crippen LogP contribution in [0.4, 0.5) is 5.82 Å². The second-order valence-corrected chi connectivity index (χ2v) is 7.91. The highest BCUT2D eigenvalue weighted by atomic mass is 16.5. The first-order valence-electron chi connectivity index (χ1n) is 9.94. The maximum absolute atomic E-state index is 12.7. The number of carbonyl (C=O) groups is 1. The Kier molecular flexibility index (Phi) is 6.77. The van der Waals surface area contributed by atoms with Crippen LogP contribution in [0.15, 0.2) is 42.7 Å². The molecule has 3 rings (SSSR count). The van der Waals surface area contributed by atoms with Crippen molar-refractivity contribution in [3.05, 3.63) is 54.0 Å². The molecule has 2 aromatic heterocycles. The maximum Gasteiger partial charge on any atom is 0.252 e. The third-order valence-corrected chi connectivity index (χ3v) is 4.58. The molecule has 0 saturated heterocycles. The van der Waals surface area contributed by atoms with Crippen LogP contribution >= 0.6 is 0 Å². The minimum absolute atomic E-state index is 0.217. The van der Waals surface area contributed by atoms with Crippen molar-refractivity contribution in [2.45, 2.75) is 26.2 Å². The van der Waals surface area contributed by atoms with Gasteiger partial charge in [0.05, 0.1) is 27.0 Å². The Morgan fingerprint density at radius 1 is 1.00 bits per heavy atom. The van der Waals surface area contributed by atoms with Crippen LogP contribution in [0.5, 0.6) is 17.2 Å². The van der Waals surface area contributed by atoms with Crippen molar-refractivity contribution in [2.24, 2.45) is 0 Å². The van der Waals surface area contributed by atoms with Crippen molar-refractivity contribution in [2.75, 3.05) is 26.6 Å². The van der Waals surface area contributed by atoms with Gasteiger partial charge < -0.3 is 19.5 Å². The molecule has 32 heavy (non-hydrogen) atoms. The molecule has 2 heterocycles. The molecule has 1 N–H and O–H groups in total. The lowest BCUT2D eigenvalue weighted by Crippen LogP contribution is -2.14. The maximum atomic E-state index is 12.7. The van der Waals surface area contributed by atoms with Gasteiger partial charge in [-0.05, 0) is 29.8 Å². The fraction of sp³-hybridized carbons (Fsp3) is 0.304. The van der Waals surface area contributed by atoms with Gasteiger partial charge >= 0.3 is 0 Å². The molecule has 168 valence electrons. The number of benzene rings is 1. The number of methoxy groups -OCH3 is 3. The highest BCUT2D eigenvalue weighted by Crippen LogP contribution is 2.38. The lowest BCUT2D eigenvalue weighted by atomic mass is 9.92. The second-order valence-electron chi connectivity index (χ2n) is 7.91. The van der Waals surface area contributed by atoms with E-state index in [-0.39, 0.29) is 11.3 Å². The SMILES string of the molecule is COc1cc(/C=C/C(=O)Nc2cc(C(C)(C)C)nn2-c2ncccn2)cc(OC)c1OC. The summed E-state index contributed by atoms with van der Waals surface area (Å²) in [5.74, 6) is 1.99. The van der Waals surface area contributed by atoms with E-state index in [1.54, 1.807) is 36.7 Å². The van der Waals surface area contributed by atoms with Crippen LogP contribution in [-0.4, -0.2) is 47.0 Å². The zero-order valence-electron chi connectivity index (χ0n) is 19.0. The normalized spacial score (nSPS) is 11.4. The summed E-state index contributed by atoms with van der Waals surface area (Å²) in [4.78, 5) is 21.2. The van der Waals surface area contributed by atoms with E-state index in [1.807, 2.05) is 26.8 Å². The van der Waals surface area contributed by atoms with Crippen LogP contribution < -0.4 is 19.5 Å². The molecule has 0 spiro atoms. The van der Waals surface area contributed by atoms with E-state index in [4.69, 9.17) is 14.2 Å². The van der Waals surface area contributed by atoms with Crippen LogP contribution in [0.3, 0.4) is 0 Å². The standard InChI is InChI=1S/C23H27N5O4/c1-23(2,3)18-14-19(28(27-18)22-24-10-7-11-25-22)26-20(29)9-8-15-12-16(30-4)21(32-6)17(13-15)31-5/h7-14H,1-6H3,(H,26,29)/b9-8+. The monoisotopic (exact) mass is 437 g/mol. The van der Waals surface area contributed by atoms with E-state index in [0.29, 0.717) is 34.6 Å². The largest absolute Gasteiger partial charge is 0.493 e. The summed E-state index contributed by atoms with van der Waals surface area (Å²) in [5.41, 5.74) is 1.30. The van der Waals surface area contributed by atoms with E-state index in [0.717, 1.165) is 5.69 Å². The van der Waals surface area contributed by atoms with Gasteiger partial charge in [-0.3, -0.25) is 4.79 Å². The lowest BCUT2D eigenvalue weighted by molar-refractivity contribution is -0.111. The van der Waals surface area contributed by atoms with Gasteiger partial charge in [0, 0.05) is 30.0 Å². The fourth-order valence-electron chi connectivity index (χ4n) is 2.93. The van der Waals surface area contributed by atoms with Gasteiger partial charge in [0.1, 0.15) is 5.82 Å². The van der Waals surface area contributed by atoms with Crippen molar-refractivity contribution in [1.82, 2.24) is 19.7 Å². The van der Waals surface area contributed by atoms with Crippen LogP contribution in [-0.2, 0) is 10.2 Å². The molecule has 0 saturated carbocycles. The molecular weight excluding hydrogens is 410 g/mol. The molecule has 3 aromatic rings. The first-order chi connectivity index (χ1) is 15.3. The number of anilines is 1. The fourth-order valence-corrected chi connectivity index (χ4v) is 2.93. The average molecular weight is 438 g/mol. The predicted octanol–water partition coefficient (Wildman–Crippen LogP) is 3.64. The summed E-state index contributed by atoms with van der Waals surface area (Å²) in [6, 6.07) is 7.05. The van der Waals surface area contributed by atoms with Crippen molar-refractivity contribution in [3.63, 3.8) is 0 Å². The third-order valence-electron chi connectivity index (χ3n) is 4.58. The summed E-state index contributed by atoms with van der Waals surface area (Å²) < 4.78 is 17.6. The topological polar surface area (TPSA) is 100 Å². The third kappa shape index (κ3) is 5.05. The minimum Gasteiger partial charge on any atom is -0.493 e. The van der Waals surface area contributed by atoms with Gasteiger partial charge in [-0.15, -0.1) is 0 Å². The van der Waals surface area contributed by atoms with E-state index >= 15 is 0 Å². The number of nitrogens with one attached hydrogen (secondary N) is 1. The van der Waals surface area contributed by atoms with Crippen LogP contribution in [0.2, 0.25) is 0 Å². The molecular formula is C23H27N5O4. The smallest absolute Gasteiger partial charge is 0.252 e. The van der Waals surface area contributed by atoms with Crippen molar-refractivity contribution in [3.8, 4) is 23.2 Å². The molecule has 9 heteroatoms. The summed E-state index contributed by atoms with van der Waals surface area (Å²) >= 11 is 0.